The highest BCUT2D eigenvalue weighted by atomic mass is 14.7. The number of rotatable bonds is 5. The van der Waals surface area contributed by atoms with Gasteiger partial charge in [0, 0.05) is 11.1 Å². The van der Waals surface area contributed by atoms with Gasteiger partial charge in [0.25, 0.3) is 0 Å². The van der Waals surface area contributed by atoms with Crippen LogP contribution in [0.1, 0.15) is 44.5 Å². The lowest BCUT2D eigenvalue weighted by molar-refractivity contribution is 0.769. The fourth-order valence-corrected chi connectivity index (χ4v) is 11.6. The van der Waals surface area contributed by atoms with Gasteiger partial charge in [-0.2, -0.15) is 0 Å². The van der Waals surface area contributed by atoms with Crippen LogP contribution in [0.25, 0.3) is 67.0 Å². The molecule has 0 aliphatic heterocycles. The zero-order chi connectivity index (χ0) is 40.8. The Labute approximate surface area is 362 Å². The molecule has 1 heteroatoms. The van der Waals surface area contributed by atoms with Crippen molar-refractivity contribution in [2.75, 3.05) is 0 Å². The van der Waals surface area contributed by atoms with E-state index in [0.29, 0.717) is 0 Å². The quantitative estimate of drug-likeness (QED) is 0.169. The number of benzene rings is 9. The Hall–Kier alpha value is -7.87. The highest BCUT2D eigenvalue weighted by Crippen LogP contribution is 2.64. The predicted octanol–water partition coefficient (Wildman–Crippen LogP) is 14.8. The molecular formula is C61H39N. The Morgan fingerprint density at radius 3 is 1.27 bits per heavy atom. The zero-order valence-corrected chi connectivity index (χ0v) is 34.0. The normalized spacial score (nSPS) is 14.1. The second-order valence-corrected chi connectivity index (χ2v) is 16.9. The number of fused-ring (bicyclic) bond motifs is 13. The molecule has 0 bridgehead atoms. The molecule has 288 valence electrons. The third kappa shape index (κ3) is 4.65. The fraction of sp³-hybridized carbons (Fsp3) is 0.0328. The van der Waals surface area contributed by atoms with Crippen LogP contribution in [0, 0.1) is 0 Å². The Balaban J connectivity index is 1.07. The van der Waals surface area contributed by atoms with Gasteiger partial charge in [-0.25, -0.2) is 4.98 Å². The maximum atomic E-state index is 5.58. The number of hydrogen-bond acceptors (Lipinski definition) is 1. The van der Waals surface area contributed by atoms with Crippen molar-refractivity contribution in [3.05, 3.63) is 281 Å². The van der Waals surface area contributed by atoms with Crippen molar-refractivity contribution in [2.45, 2.75) is 10.8 Å². The lowest BCUT2D eigenvalue weighted by atomic mass is 9.67. The highest BCUT2D eigenvalue weighted by molar-refractivity contribution is 6.00. The van der Waals surface area contributed by atoms with E-state index < -0.39 is 10.8 Å². The summed E-state index contributed by atoms with van der Waals surface area (Å²) in [6.07, 6.45) is 0. The van der Waals surface area contributed by atoms with Gasteiger partial charge in [0.2, 0.25) is 0 Å². The average molecular weight is 786 g/mol. The summed E-state index contributed by atoms with van der Waals surface area (Å²) in [7, 11) is 0. The summed E-state index contributed by atoms with van der Waals surface area (Å²) in [5.74, 6) is 0. The van der Waals surface area contributed by atoms with Crippen molar-refractivity contribution in [2.24, 2.45) is 0 Å². The standard InChI is InChI=1S/C61H39N/c1-4-19-40(20-5-1)57-38-42(41-35-36-48-47-27-10-14-30-51(47)60(56(48)37-41,43-21-6-2-7-22-43)44-23-8-3-9-24-44)39-58(62-57)50-29-18-34-55-59(50)49-28-13-17-33-54(49)61(55)52-31-15-11-25-45(52)46-26-12-16-32-53(46)61/h1-39H. The van der Waals surface area contributed by atoms with Crippen molar-refractivity contribution in [1.29, 1.82) is 0 Å². The van der Waals surface area contributed by atoms with Gasteiger partial charge >= 0.3 is 0 Å². The summed E-state index contributed by atoms with van der Waals surface area (Å²) in [5.41, 5.74) is 23.7. The smallest absolute Gasteiger partial charge is 0.0725 e. The van der Waals surface area contributed by atoms with Gasteiger partial charge in [0.1, 0.15) is 0 Å². The molecule has 0 unspecified atom stereocenters. The summed E-state index contributed by atoms with van der Waals surface area (Å²) in [6.45, 7) is 0. The molecular weight excluding hydrogens is 747 g/mol. The van der Waals surface area contributed by atoms with Crippen LogP contribution in [0.2, 0.25) is 0 Å². The van der Waals surface area contributed by atoms with Gasteiger partial charge in [0.05, 0.1) is 22.2 Å². The first kappa shape index (κ1) is 34.9. The topological polar surface area (TPSA) is 12.9 Å². The van der Waals surface area contributed by atoms with E-state index in [1.54, 1.807) is 0 Å². The molecule has 13 rings (SSSR count). The van der Waals surface area contributed by atoms with E-state index in [1.807, 2.05) is 0 Å². The molecule has 1 spiro atoms. The molecule has 10 aromatic rings. The largest absolute Gasteiger partial charge is 0.248 e. The first-order chi connectivity index (χ1) is 30.8. The van der Waals surface area contributed by atoms with Crippen LogP contribution in [0.15, 0.2) is 237 Å². The maximum Gasteiger partial charge on any atom is 0.0725 e. The summed E-state index contributed by atoms with van der Waals surface area (Å²) in [5, 5.41) is 0. The van der Waals surface area contributed by atoms with Gasteiger partial charge in [-0.3, -0.25) is 0 Å². The summed E-state index contributed by atoms with van der Waals surface area (Å²) >= 11 is 0. The van der Waals surface area contributed by atoms with Crippen LogP contribution in [0.5, 0.6) is 0 Å². The van der Waals surface area contributed by atoms with E-state index in [4.69, 9.17) is 4.98 Å². The van der Waals surface area contributed by atoms with Crippen LogP contribution in [0.3, 0.4) is 0 Å². The zero-order valence-electron chi connectivity index (χ0n) is 34.0. The minimum Gasteiger partial charge on any atom is -0.248 e. The molecule has 0 radical (unpaired) electrons. The fourth-order valence-electron chi connectivity index (χ4n) is 11.6. The Kier molecular flexibility index (Phi) is 7.50. The Morgan fingerprint density at radius 2 is 0.677 bits per heavy atom. The van der Waals surface area contributed by atoms with Crippen LogP contribution in [-0.2, 0) is 10.8 Å². The van der Waals surface area contributed by atoms with Gasteiger partial charge in [0.15, 0.2) is 0 Å². The molecule has 9 aromatic carbocycles. The van der Waals surface area contributed by atoms with Gasteiger partial charge in [-0.05, 0) is 107 Å². The van der Waals surface area contributed by atoms with Crippen molar-refractivity contribution in [3.8, 4) is 67.0 Å². The van der Waals surface area contributed by atoms with Gasteiger partial charge in [-0.15, -0.1) is 0 Å². The van der Waals surface area contributed by atoms with E-state index in [0.717, 1.165) is 33.6 Å². The molecule has 3 aliphatic carbocycles. The number of hydrogen-bond donors (Lipinski definition) is 0. The highest BCUT2D eigenvalue weighted by Gasteiger charge is 2.52. The maximum absolute atomic E-state index is 5.58. The average Bonchev–Trinajstić information content (AvgIpc) is 3.95. The molecule has 0 atom stereocenters. The molecule has 0 fully saturated rings. The molecule has 1 aromatic heterocycles. The van der Waals surface area contributed by atoms with E-state index in [-0.39, 0.29) is 0 Å². The number of pyridine rings is 1. The second-order valence-electron chi connectivity index (χ2n) is 16.9. The molecule has 3 aliphatic rings. The van der Waals surface area contributed by atoms with Gasteiger partial charge in [-0.1, -0.05) is 218 Å². The van der Waals surface area contributed by atoms with E-state index in [2.05, 4.69) is 237 Å². The minimum absolute atomic E-state index is 0.428. The molecule has 0 N–H and O–H groups in total. The van der Waals surface area contributed by atoms with Crippen molar-refractivity contribution < 1.29 is 0 Å². The monoisotopic (exact) mass is 785 g/mol. The predicted molar refractivity (Wildman–Crippen MR) is 254 cm³/mol. The number of nitrogens with zero attached hydrogens (tertiary/aromatic N) is 1. The van der Waals surface area contributed by atoms with Crippen molar-refractivity contribution >= 4 is 0 Å². The minimum atomic E-state index is -0.491. The lowest BCUT2D eigenvalue weighted by Gasteiger charge is -2.34. The molecule has 1 nitrogen and oxygen atoms in total. The summed E-state index contributed by atoms with van der Waals surface area (Å²) in [4.78, 5) is 5.58. The van der Waals surface area contributed by atoms with E-state index >= 15 is 0 Å². The molecule has 0 saturated heterocycles. The molecule has 0 amide bonds. The van der Waals surface area contributed by atoms with Crippen LogP contribution in [-0.4, -0.2) is 4.98 Å². The molecule has 1 heterocycles. The second kappa shape index (κ2) is 13.3. The third-order valence-electron chi connectivity index (χ3n) is 14.0. The molecule has 62 heavy (non-hydrogen) atoms. The Bertz CT molecular complexity index is 3310. The summed E-state index contributed by atoms with van der Waals surface area (Å²) in [6, 6.07) is 87.6. The van der Waals surface area contributed by atoms with E-state index in [9.17, 15) is 0 Å². The van der Waals surface area contributed by atoms with Gasteiger partial charge < -0.3 is 0 Å². The number of aromatic nitrogens is 1. The van der Waals surface area contributed by atoms with Crippen molar-refractivity contribution in [3.63, 3.8) is 0 Å². The van der Waals surface area contributed by atoms with E-state index in [1.165, 1.54) is 77.9 Å². The SMILES string of the molecule is c1ccc(-c2cc(-c3ccc4c(c3)C(c3ccccc3)(c3ccccc3)c3ccccc3-4)cc(-c3cccc4c3-c3ccccc3C43c4ccccc4-c4ccccc43)n2)cc1. The van der Waals surface area contributed by atoms with Crippen LogP contribution >= 0.6 is 0 Å². The first-order valence-electron chi connectivity index (χ1n) is 21.6. The van der Waals surface area contributed by atoms with Crippen molar-refractivity contribution in [1.82, 2.24) is 4.98 Å². The molecule has 0 saturated carbocycles. The Morgan fingerprint density at radius 1 is 0.242 bits per heavy atom. The first-order valence-corrected chi connectivity index (χ1v) is 21.6. The lowest BCUT2D eigenvalue weighted by Crippen LogP contribution is -2.28. The third-order valence-corrected chi connectivity index (χ3v) is 14.0. The van der Waals surface area contributed by atoms with Crippen LogP contribution < -0.4 is 0 Å². The van der Waals surface area contributed by atoms with Crippen LogP contribution in [0.4, 0.5) is 0 Å². The summed E-state index contributed by atoms with van der Waals surface area (Å²) < 4.78 is 0.